The minimum absolute atomic E-state index is 0.233. The Hall–Kier alpha value is -2.46. The van der Waals surface area contributed by atoms with Crippen LogP contribution in [0.4, 0.5) is 5.69 Å². The van der Waals surface area contributed by atoms with Crippen molar-refractivity contribution in [2.24, 2.45) is 5.73 Å². The Balaban J connectivity index is 2.01. The van der Waals surface area contributed by atoms with E-state index in [1.54, 1.807) is 36.4 Å². The Morgan fingerprint density at radius 1 is 1.11 bits per heavy atom. The van der Waals surface area contributed by atoms with Gasteiger partial charge in [-0.3, -0.25) is 14.5 Å². The molecular formula is C19H13Cl2N3O2S. The van der Waals surface area contributed by atoms with Crippen LogP contribution >= 0.6 is 35.0 Å². The second-order valence-electron chi connectivity index (χ2n) is 5.74. The lowest BCUT2D eigenvalue weighted by Gasteiger charge is -2.18. The molecule has 1 aliphatic heterocycles. The molecule has 0 aromatic heterocycles. The second-order valence-corrected chi connectivity index (χ2v) is 7.81. The summed E-state index contributed by atoms with van der Waals surface area (Å²) in [6, 6.07) is 15.6. The molecule has 0 spiro atoms. The Bertz CT molecular complexity index is 966. The van der Waals surface area contributed by atoms with E-state index in [1.165, 1.54) is 4.90 Å². The second kappa shape index (κ2) is 8.05. The molecule has 2 amide bonds. The van der Waals surface area contributed by atoms with Crippen LogP contribution in [-0.4, -0.2) is 17.1 Å². The summed E-state index contributed by atoms with van der Waals surface area (Å²) in [6.07, 6.45) is 0.422. The molecule has 1 aliphatic rings. The average Bonchev–Trinajstić information content (AvgIpc) is 2.94. The summed E-state index contributed by atoms with van der Waals surface area (Å²) >= 11 is 13.0. The van der Waals surface area contributed by atoms with Crippen molar-refractivity contribution in [2.75, 3.05) is 4.90 Å². The van der Waals surface area contributed by atoms with Gasteiger partial charge in [0.25, 0.3) is 5.91 Å². The maximum Gasteiger partial charge on any atom is 0.262 e. The number of hydrogen-bond donors (Lipinski definition) is 1. The molecule has 1 saturated heterocycles. The highest BCUT2D eigenvalue weighted by molar-refractivity contribution is 8.05. The van der Waals surface area contributed by atoms with E-state index in [2.05, 4.69) is 0 Å². The van der Waals surface area contributed by atoms with E-state index >= 15 is 0 Å². The van der Waals surface area contributed by atoms with Gasteiger partial charge < -0.3 is 5.73 Å². The fourth-order valence-electron chi connectivity index (χ4n) is 2.66. The number of rotatable bonds is 4. The first-order valence-electron chi connectivity index (χ1n) is 7.85. The molecule has 0 aliphatic carbocycles. The molecule has 0 bridgehead atoms. The smallest absolute Gasteiger partial charge is 0.262 e. The topological polar surface area (TPSA) is 87.2 Å². The predicted molar refractivity (Wildman–Crippen MR) is 107 cm³/mol. The van der Waals surface area contributed by atoms with E-state index in [1.807, 2.05) is 18.2 Å². The predicted octanol–water partition coefficient (Wildman–Crippen LogP) is 3.90. The van der Waals surface area contributed by atoms with E-state index < -0.39 is 11.2 Å². The summed E-state index contributed by atoms with van der Waals surface area (Å²) in [6.45, 7) is 0. The Labute approximate surface area is 170 Å². The zero-order chi connectivity index (χ0) is 19.6. The third-order valence-electron chi connectivity index (χ3n) is 3.94. The van der Waals surface area contributed by atoms with E-state index in [0.717, 1.165) is 17.3 Å². The fraction of sp³-hybridized carbons (Fsp3) is 0.105. The van der Waals surface area contributed by atoms with Crippen molar-refractivity contribution in [3.63, 3.8) is 0 Å². The molecule has 0 radical (unpaired) electrons. The highest BCUT2D eigenvalue weighted by Crippen LogP contribution is 2.42. The zero-order valence-electron chi connectivity index (χ0n) is 13.9. The molecule has 0 saturated carbocycles. The number of nitrogens with two attached hydrogens (primary N) is 1. The van der Waals surface area contributed by atoms with Gasteiger partial charge in [0.15, 0.2) is 0 Å². The van der Waals surface area contributed by atoms with Crippen LogP contribution in [0.5, 0.6) is 0 Å². The number of benzene rings is 2. The minimum atomic E-state index is -0.876. The van der Waals surface area contributed by atoms with Gasteiger partial charge in [-0.1, -0.05) is 47.1 Å². The molecule has 1 atom stereocenters. The van der Waals surface area contributed by atoms with E-state index in [4.69, 9.17) is 28.9 Å². The lowest BCUT2D eigenvalue weighted by atomic mass is 10.1. The summed E-state index contributed by atoms with van der Waals surface area (Å²) < 4.78 is 0. The van der Waals surface area contributed by atoms with Gasteiger partial charge in [0.2, 0.25) is 5.91 Å². The fourth-order valence-corrected chi connectivity index (χ4v) is 4.23. The number of carbonyl (C=O) groups excluding carboxylic acids is 2. The van der Waals surface area contributed by atoms with Crippen molar-refractivity contribution in [1.29, 1.82) is 5.26 Å². The molecule has 136 valence electrons. The van der Waals surface area contributed by atoms with Gasteiger partial charge in [-0.2, -0.15) is 5.26 Å². The van der Waals surface area contributed by atoms with Crippen LogP contribution < -0.4 is 10.6 Å². The number of anilines is 1. The highest BCUT2D eigenvalue weighted by Gasteiger charge is 2.40. The molecule has 1 fully saturated rings. The lowest BCUT2D eigenvalue weighted by Crippen LogP contribution is -2.31. The van der Waals surface area contributed by atoms with E-state index in [0.29, 0.717) is 22.2 Å². The molecule has 5 nitrogen and oxygen atoms in total. The van der Waals surface area contributed by atoms with Gasteiger partial charge in [0.05, 0.1) is 5.25 Å². The monoisotopic (exact) mass is 417 g/mol. The van der Waals surface area contributed by atoms with Crippen molar-refractivity contribution in [2.45, 2.75) is 11.7 Å². The SMILES string of the molecule is N#C/C(C(N)=O)=C1/SC(Cc2ccc(Cl)cc2)C(=O)N1c1ccc(Cl)cc1. The number of hydrogen-bond acceptors (Lipinski definition) is 4. The Kier molecular flexibility index (Phi) is 5.76. The molecule has 1 unspecified atom stereocenters. The number of nitrogens with zero attached hydrogens (tertiary/aromatic N) is 2. The average molecular weight is 418 g/mol. The van der Waals surface area contributed by atoms with E-state index in [-0.39, 0.29) is 16.5 Å². The van der Waals surface area contributed by atoms with Gasteiger partial charge >= 0.3 is 0 Å². The minimum Gasteiger partial charge on any atom is -0.365 e. The van der Waals surface area contributed by atoms with Crippen molar-refractivity contribution < 1.29 is 9.59 Å². The summed E-state index contributed by atoms with van der Waals surface area (Å²) in [5.41, 5.74) is 6.53. The molecular weight excluding hydrogens is 405 g/mol. The van der Waals surface area contributed by atoms with Crippen LogP contribution in [0.15, 0.2) is 59.1 Å². The standard InChI is InChI=1S/C19H13Cl2N3O2S/c20-12-3-1-11(2-4-12)9-16-18(26)24(14-7-5-13(21)6-8-14)19(27-16)15(10-22)17(23)25/h1-8,16H,9H2,(H2,23,25)/b19-15-. The number of halogens is 2. The molecule has 8 heteroatoms. The van der Waals surface area contributed by atoms with Gasteiger partial charge in [-0.25, -0.2) is 0 Å². The molecule has 2 N–H and O–H groups in total. The normalized spacial score (nSPS) is 18.3. The highest BCUT2D eigenvalue weighted by atomic mass is 35.5. The van der Waals surface area contributed by atoms with Crippen LogP contribution in [-0.2, 0) is 16.0 Å². The lowest BCUT2D eigenvalue weighted by molar-refractivity contribution is -0.117. The summed E-state index contributed by atoms with van der Waals surface area (Å²) in [4.78, 5) is 26.1. The van der Waals surface area contributed by atoms with Crippen LogP contribution in [0.25, 0.3) is 0 Å². The van der Waals surface area contributed by atoms with Gasteiger partial charge in [-0.05, 0) is 48.4 Å². The summed E-state index contributed by atoms with van der Waals surface area (Å²) in [5.74, 6) is -1.11. The largest absolute Gasteiger partial charge is 0.365 e. The molecule has 3 rings (SSSR count). The Morgan fingerprint density at radius 2 is 1.67 bits per heavy atom. The van der Waals surface area contributed by atoms with Crippen molar-refractivity contribution in [1.82, 2.24) is 0 Å². The first-order valence-corrected chi connectivity index (χ1v) is 9.49. The van der Waals surface area contributed by atoms with Crippen LogP contribution in [0.1, 0.15) is 5.56 Å². The van der Waals surface area contributed by atoms with Gasteiger partial charge in [-0.15, -0.1) is 0 Å². The number of carbonyl (C=O) groups is 2. The maximum atomic E-state index is 13.1. The maximum absolute atomic E-state index is 13.1. The number of amides is 2. The van der Waals surface area contributed by atoms with Crippen LogP contribution in [0.3, 0.4) is 0 Å². The number of nitriles is 1. The molecule has 2 aromatic carbocycles. The van der Waals surface area contributed by atoms with Crippen molar-refractivity contribution >= 4 is 52.5 Å². The number of primary amides is 1. The molecule has 27 heavy (non-hydrogen) atoms. The summed E-state index contributed by atoms with van der Waals surface area (Å²) in [7, 11) is 0. The van der Waals surface area contributed by atoms with Crippen LogP contribution in [0.2, 0.25) is 10.0 Å². The first-order chi connectivity index (χ1) is 12.9. The molecule has 2 aromatic rings. The Morgan fingerprint density at radius 3 is 2.19 bits per heavy atom. The summed E-state index contributed by atoms with van der Waals surface area (Å²) in [5, 5.41) is 10.2. The van der Waals surface area contributed by atoms with Crippen molar-refractivity contribution in [3.05, 3.63) is 74.7 Å². The first kappa shape index (κ1) is 19.3. The third kappa shape index (κ3) is 4.11. The van der Waals surface area contributed by atoms with Gasteiger partial charge in [0.1, 0.15) is 16.7 Å². The van der Waals surface area contributed by atoms with E-state index in [9.17, 15) is 14.9 Å². The third-order valence-corrected chi connectivity index (χ3v) is 5.71. The van der Waals surface area contributed by atoms with Gasteiger partial charge in [0, 0.05) is 15.7 Å². The zero-order valence-corrected chi connectivity index (χ0v) is 16.2. The molecule has 1 heterocycles. The van der Waals surface area contributed by atoms with Crippen molar-refractivity contribution in [3.8, 4) is 6.07 Å². The number of thioether (sulfide) groups is 1. The quantitative estimate of drug-likeness (QED) is 0.603. The van der Waals surface area contributed by atoms with Crippen LogP contribution in [0, 0.1) is 11.3 Å².